The summed E-state index contributed by atoms with van der Waals surface area (Å²) in [6.07, 6.45) is 5.90. The van der Waals surface area contributed by atoms with E-state index >= 15 is 0 Å². The summed E-state index contributed by atoms with van der Waals surface area (Å²) in [5.74, 6) is -0.116. The minimum atomic E-state index is -2.37. The van der Waals surface area contributed by atoms with Crippen molar-refractivity contribution in [1.29, 1.82) is 0 Å². The lowest BCUT2D eigenvalue weighted by atomic mass is 10.0. The topological polar surface area (TPSA) is 98.5 Å². The normalized spacial score (nSPS) is 14.6. The van der Waals surface area contributed by atoms with Gasteiger partial charge in [-0.25, -0.2) is 13.7 Å². The predicted molar refractivity (Wildman–Crippen MR) is 128 cm³/mol. The lowest BCUT2D eigenvalue weighted by molar-refractivity contribution is 0.0964. The van der Waals surface area contributed by atoms with Crippen molar-refractivity contribution in [3.63, 3.8) is 0 Å². The van der Waals surface area contributed by atoms with Crippen LogP contribution in [0.2, 0.25) is 0 Å². The largest absolute Gasteiger partial charge is 0.760 e. The van der Waals surface area contributed by atoms with Gasteiger partial charge in [0.15, 0.2) is 0 Å². The van der Waals surface area contributed by atoms with Crippen molar-refractivity contribution in [2.24, 2.45) is 0 Å². The van der Waals surface area contributed by atoms with Gasteiger partial charge < -0.3 is 14.3 Å². The number of halogens is 1. The molecule has 1 aromatic carbocycles. The fourth-order valence-electron chi connectivity index (χ4n) is 4.19. The Kier molecular flexibility index (Phi) is 7.75. The Balaban J connectivity index is 1.76. The minimum absolute atomic E-state index is 0.159. The van der Waals surface area contributed by atoms with Crippen LogP contribution in [0.3, 0.4) is 0 Å². The first kappa shape index (κ1) is 24.5. The molecule has 4 rings (SSSR count). The third kappa shape index (κ3) is 5.37. The molecular formula is C25H29FN3O4S-. The van der Waals surface area contributed by atoms with Gasteiger partial charge in [0.1, 0.15) is 11.6 Å². The number of rotatable bonds is 11. The molecule has 3 aromatic rings. The highest BCUT2D eigenvalue weighted by molar-refractivity contribution is 7.76. The molecule has 1 unspecified atom stereocenters. The third-order valence-electron chi connectivity index (χ3n) is 6.17. The Labute approximate surface area is 201 Å². The predicted octanol–water partition coefficient (Wildman–Crippen LogP) is 5.05. The molecule has 9 heteroatoms. The highest BCUT2D eigenvalue weighted by atomic mass is 32.2. The van der Waals surface area contributed by atoms with Crippen LogP contribution < -0.4 is 5.32 Å². The van der Waals surface area contributed by atoms with Crippen LogP contribution in [0.5, 0.6) is 0 Å². The molecule has 0 aliphatic heterocycles. The number of benzene rings is 1. The smallest absolute Gasteiger partial charge is 0.255 e. The Morgan fingerprint density at radius 3 is 2.62 bits per heavy atom. The van der Waals surface area contributed by atoms with Crippen LogP contribution in [0.25, 0.3) is 22.4 Å². The standard InChI is InChI=1S/C25H30FN3O4S/c1-3-4-5-6-13-29(34(31)32)15-21-19(16-7-8-16)14-20-22(24(30)27-2)23(33-25(20)28-21)17-9-11-18(26)12-10-17/h9-12,14,16H,3-8,13,15H2,1-2H3,(H,27,30)(H,31,32)/p-1. The van der Waals surface area contributed by atoms with Gasteiger partial charge in [-0.05, 0) is 61.1 Å². The molecule has 1 fully saturated rings. The molecular weight excluding hydrogens is 457 g/mol. The van der Waals surface area contributed by atoms with E-state index in [2.05, 4.69) is 12.2 Å². The molecule has 2 heterocycles. The number of pyridine rings is 1. The Morgan fingerprint density at radius 2 is 2.00 bits per heavy atom. The molecule has 182 valence electrons. The van der Waals surface area contributed by atoms with Crippen molar-refractivity contribution in [3.8, 4) is 11.3 Å². The van der Waals surface area contributed by atoms with Gasteiger partial charge in [-0.3, -0.25) is 9.00 Å². The number of unbranched alkanes of at least 4 members (excludes halogenated alkanes) is 3. The first-order valence-electron chi connectivity index (χ1n) is 11.7. The molecule has 0 saturated heterocycles. The highest BCUT2D eigenvalue weighted by Crippen LogP contribution is 2.44. The Bertz CT molecular complexity index is 1190. The van der Waals surface area contributed by atoms with Gasteiger partial charge in [0, 0.05) is 30.4 Å². The molecule has 0 spiro atoms. The van der Waals surface area contributed by atoms with E-state index in [1.807, 2.05) is 6.07 Å². The average Bonchev–Trinajstić information content (AvgIpc) is 3.61. The van der Waals surface area contributed by atoms with Crippen molar-refractivity contribution in [1.82, 2.24) is 14.6 Å². The summed E-state index contributed by atoms with van der Waals surface area (Å²) in [5.41, 5.74) is 2.77. The second-order valence-corrected chi connectivity index (χ2v) is 9.64. The summed E-state index contributed by atoms with van der Waals surface area (Å²) in [7, 11) is 1.54. The van der Waals surface area contributed by atoms with Crippen LogP contribution in [0.4, 0.5) is 4.39 Å². The number of furan rings is 1. The average molecular weight is 487 g/mol. The molecule has 0 bridgehead atoms. The number of carbonyl (C=O) groups excluding carboxylic acids is 1. The van der Waals surface area contributed by atoms with Crippen LogP contribution in [0.15, 0.2) is 34.7 Å². The summed E-state index contributed by atoms with van der Waals surface area (Å²) >= 11 is -2.37. The number of hydrogen-bond acceptors (Lipinski definition) is 5. The number of amides is 1. The molecule has 1 N–H and O–H groups in total. The van der Waals surface area contributed by atoms with Gasteiger partial charge in [-0.2, -0.15) is 0 Å². The van der Waals surface area contributed by atoms with Crippen LogP contribution >= 0.6 is 0 Å². The number of fused-ring (bicyclic) bond motifs is 1. The lowest BCUT2D eigenvalue weighted by Gasteiger charge is -2.24. The molecule has 1 saturated carbocycles. The Morgan fingerprint density at radius 1 is 1.26 bits per heavy atom. The Hall–Kier alpha value is -2.62. The van der Waals surface area contributed by atoms with Gasteiger partial charge in [-0.1, -0.05) is 26.2 Å². The minimum Gasteiger partial charge on any atom is -0.760 e. The first-order chi connectivity index (χ1) is 16.4. The van der Waals surface area contributed by atoms with Gasteiger partial charge in [0.25, 0.3) is 5.91 Å². The quantitative estimate of drug-likeness (QED) is 0.302. The summed E-state index contributed by atoms with van der Waals surface area (Å²) in [6.45, 7) is 2.70. The van der Waals surface area contributed by atoms with Crippen LogP contribution in [0, 0.1) is 5.82 Å². The highest BCUT2D eigenvalue weighted by Gasteiger charge is 2.31. The van der Waals surface area contributed by atoms with Gasteiger partial charge in [0.2, 0.25) is 5.71 Å². The number of nitrogens with one attached hydrogen (secondary N) is 1. The third-order valence-corrected chi connectivity index (χ3v) is 6.90. The second kappa shape index (κ2) is 10.8. The van der Waals surface area contributed by atoms with E-state index < -0.39 is 11.3 Å². The lowest BCUT2D eigenvalue weighted by Crippen LogP contribution is -2.27. The maximum absolute atomic E-state index is 13.5. The summed E-state index contributed by atoms with van der Waals surface area (Å²) in [4.78, 5) is 17.5. The SMILES string of the molecule is CCCCCCN(Cc1nc2oc(-c3ccc(F)cc3)c(C(=O)NC)c2cc1C1CC1)S(=O)[O-]. The first-order valence-corrected chi connectivity index (χ1v) is 12.7. The maximum Gasteiger partial charge on any atom is 0.255 e. The van der Waals surface area contributed by atoms with Gasteiger partial charge in [0.05, 0.1) is 23.2 Å². The van der Waals surface area contributed by atoms with Crippen molar-refractivity contribution in [2.75, 3.05) is 13.6 Å². The van der Waals surface area contributed by atoms with Crippen molar-refractivity contribution < 1.29 is 22.4 Å². The summed E-state index contributed by atoms with van der Waals surface area (Å²) < 4.78 is 44.7. The summed E-state index contributed by atoms with van der Waals surface area (Å²) in [6, 6.07) is 7.65. The van der Waals surface area contributed by atoms with Crippen LogP contribution in [-0.4, -0.2) is 37.6 Å². The van der Waals surface area contributed by atoms with E-state index in [0.717, 1.165) is 44.1 Å². The van der Waals surface area contributed by atoms with E-state index in [0.29, 0.717) is 34.5 Å². The van der Waals surface area contributed by atoms with Crippen molar-refractivity contribution in [3.05, 3.63) is 53.0 Å². The zero-order valence-corrected chi connectivity index (χ0v) is 20.3. The summed E-state index contributed by atoms with van der Waals surface area (Å²) in [5, 5.41) is 3.22. The number of carbonyl (C=O) groups is 1. The van der Waals surface area contributed by atoms with Crippen LogP contribution in [-0.2, 0) is 17.8 Å². The zero-order valence-electron chi connectivity index (χ0n) is 19.4. The van der Waals surface area contributed by atoms with Gasteiger partial charge >= 0.3 is 0 Å². The van der Waals surface area contributed by atoms with Crippen LogP contribution in [0.1, 0.15) is 73.0 Å². The van der Waals surface area contributed by atoms with E-state index in [-0.39, 0.29) is 29.9 Å². The molecule has 0 radical (unpaired) electrons. The van der Waals surface area contributed by atoms with E-state index in [4.69, 9.17) is 9.40 Å². The zero-order chi connectivity index (χ0) is 24.2. The van der Waals surface area contributed by atoms with Crippen molar-refractivity contribution in [2.45, 2.75) is 57.9 Å². The molecule has 34 heavy (non-hydrogen) atoms. The fraction of sp³-hybridized carbons (Fsp3) is 0.440. The molecule has 1 aliphatic rings. The molecule has 1 atom stereocenters. The fourth-order valence-corrected chi connectivity index (χ4v) is 4.70. The molecule has 7 nitrogen and oxygen atoms in total. The second-order valence-electron chi connectivity index (χ2n) is 8.68. The number of nitrogens with zero attached hydrogens (tertiary/aromatic N) is 2. The van der Waals surface area contributed by atoms with E-state index in [1.165, 1.54) is 16.4 Å². The van der Waals surface area contributed by atoms with E-state index in [1.54, 1.807) is 19.2 Å². The van der Waals surface area contributed by atoms with E-state index in [9.17, 15) is 17.9 Å². The molecule has 1 amide bonds. The number of aromatic nitrogens is 1. The molecule has 1 aliphatic carbocycles. The van der Waals surface area contributed by atoms with Crippen molar-refractivity contribution >= 4 is 28.3 Å². The number of hydrogen-bond donors (Lipinski definition) is 1. The maximum atomic E-state index is 13.5. The molecule has 2 aromatic heterocycles. The van der Waals surface area contributed by atoms with Gasteiger partial charge in [-0.15, -0.1) is 0 Å². The monoisotopic (exact) mass is 486 g/mol.